The van der Waals surface area contributed by atoms with E-state index < -0.39 is 39.5 Å². The number of nitrogens with one attached hydrogen (secondary N) is 1. The first-order valence-electron chi connectivity index (χ1n) is 9.88. The molecular weight excluding hydrogens is 460 g/mol. The Morgan fingerprint density at radius 2 is 1.73 bits per heavy atom. The van der Waals surface area contributed by atoms with Gasteiger partial charge in [0.05, 0.1) is 16.1 Å². The number of benzene rings is 3. The van der Waals surface area contributed by atoms with Crippen molar-refractivity contribution < 1.29 is 30.8 Å². The SMILES string of the molecule is C[C@H]1Cc2cc(C(=O)Nc3cccc(C(F)(F)F)c3)ccc2N1S(=O)(=O)c1ccc(F)cc1. The number of sulfonamides is 1. The van der Waals surface area contributed by atoms with Gasteiger partial charge in [-0.2, -0.15) is 13.2 Å². The van der Waals surface area contributed by atoms with Gasteiger partial charge < -0.3 is 5.32 Å². The zero-order valence-electron chi connectivity index (χ0n) is 17.2. The average molecular weight is 478 g/mol. The topological polar surface area (TPSA) is 66.5 Å². The maximum absolute atomic E-state index is 13.2. The van der Waals surface area contributed by atoms with Crippen LogP contribution in [0.4, 0.5) is 28.9 Å². The molecule has 0 bridgehead atoms. The van der Waals surface area contributed by atoms with Crippen LogP contribution in [0.3, 0.4) is 0 Å². The summed E-state index contributed by atoms with van der Waals surface area (Å²) in [5.74, 6) is -1.18. The lowest BCUT2D eigenvalue weighted by Gasteiger charge is -2.24. The lowest BCUT2D eigenvalue weighted by atomic mass is 10.1. The summed E-state index contributed by atoms with van der Waals surface area (Å²) < 4.78 is 79.4. The van der Waals surface area contributed by atoms with E-state index in [0.29, 0.717) is 17.7 Å². The standard InChI is InChI=1S/C23H18F4N2O3S/c1-14-11-16-12-15(22(30)28-19-4-2-3-17(13-19)23(25,26)27)5-10-21(16)29(14)33(31,32)20-8-6-18(24)7-9-20/h2-10,12-14H,11H2,1H3,(H,28,30)/t14-/m0/s1. The van der Waals surface area contributed by atoms with Gasteiger partial charge in [0.25, 0.3) is 15.9 Å². The van der Waals surface area contributed by atoms with E-state index in [4.69, 9.17) is 0 Å². The van der Waals surface area contributed by atoms with E-state index >= 15 is 0 Å². The normalized spacial score (nSPS) is 15.9. The number of hydrogen-bond donors (Lipinski definition) is 1. The summed E-state index contributed by atoms with van der Waals surface area (Å²) in [5, 5.41) is 2.44. The molecule has 3 aromatic carbocycles. The zero-order valence-corrected chi connectivity index (χ0v) is 18.0. The van der Waals surface area contributed by atoms with Crippen molar-refractivity contribution in [3.8, 4) is 0 Å². The highest BCUT2D eigenvalue weighted by molar-refractivity contribution is 7.92. The van der Waals surface area contributed by atoms with Crippen LogP contribution < -0.4 is 9.62 Å². The molecule has 0 radical (unpaired) electrons. The van der Waals surface area contributed by atoms with E-state index in [0.717, 1.165) is 24.3 Å². The lowest BCUT2D eigenvalue weighted by Crippen LogP contribution is -2.35. The smallest absolute Gasteiger partial charge is 0.322 e. The fraction of sp³-hybridized carbons (Fsp3) is 0.174. The number of hydrogen-bond acceptors (Lipinski definition) is 3. The van der Waals surface area contributed by atoms with E-state index in [1.807, 2.05) is 0 Å². The summed E-state index contributed by atoms with van der Waals surface area (Å²) in [6.45, 7) is 1.71. The van der Waals surface area contributed by atoms with Gasteiger partial charge in [-0.05, 0) is 79.6 Å². The van der Waals surface area contributed by atoms with E-state index in [1.54, 1.807) is 6.92 Å². The van der Waals surface area contributed by atoms with Crippen molar-refractivity contribution in [2.75, 3.05) is 9.62 Å². The van der Waals surface area contributed by atoms with Crippen LogP contribution in [0.2, 0.25) is 0 Å². The number of nitrogens with zero attached hydrogens (tertiary/aromatic N) is 1. The number of halogens is 4. The van der Waals surface area contributed by atoms with Crippen LogP contribution >= 0.6 is 0 Å². The fourth-order valence-electron chi connectivity index (χ4n) is 3.81. The third-order valence-corrected chi connectivity index (χ3v) is 7.26. The van der Waals surface area contributed by atoms with Gasteiger partial charge in [-0.15, -0.1) is 0 Å². The quantitative estimate of drug-likeness (QED) is 0.522. The average Bonchev–Trinajstić information content (AvgIpc) is 3.09. The van der Waals surface area contributed by atoms with Gasteiger partial charge in [-0.25, -0.2) is 12.8 Å². The number of carbonyl (C=O) groups is 1. The number of alkyl halides is 3. The van der Waals surface area contributed by atoms with E-state index in [9.17, 15) is 30.8 Å². The van der Waals surface area contributed by atoms with E-state index in [-0.39, 0.29) is 16.1 Å². The molecule has 5 nitrogen and oxygen atoms in total. The Hall–Kier alpha value is -3.40. The van der Waals surface area contributed by atoms with Crippen LogP contribution in [0.25, 0.3) is 0 Å². The van der Waals surface area contributed by atoms with Gasteiger partial charge in [0.2, 0.25) is 0 Å². The van der Waals surface area contributed by atoms with Crippen molar-refractivity contribution in [3.63, 3.8) is 0 Å². The maximum Gasteiger partial charge on any atom is 0.416 e. The molecule has 0 saturated carbocycles. The highest BCUT2D eigenvalue weighted by atomic mass is 32.2. The first kappa shape index (κ1) is 22.8. The minimum absolute atomic E-state index is 0.00999. The summed E-state index contributed by atoms with van der Waals surface area (Å²) in [7, 11) is -3.96. The van der Waals surface area contributed by atoms with Crippen molar-refractivity contribution >= 4 is 27.3 Å². The molecule has 1 atom stereocenters. The summed E-state index contributed by atoms with van der Waals surface area (Å²) in [5.41, 5.74) is 0.278. The molecule has 1 heterocycles. The number of anilines is 2. The third-order valence-electron chi connectivity index (χ3n) is 5.31. The molecule has 0 aromatic heterocycles. The molecule has 33 heavy (non-hydrogen) atoms. The lowest BCUT2D eigenvalue weighted by molar-refractivity contribution is -0.137. The number of fused-ring (bicyclic) bond motifs is 1. The van der Waals surface area contributed by atoms with Crippen LogP contribution in [0.1, 0.15) is 28.4 Å². The molecule has 0 unspecified atom stereocenters. The molecule has 1 amide bonds. The molecular formula is C23H18F4N2O3S. The van der Waals surface area contributed by atoms with E-state index in [1.165, 1.54) is 46.8 Å². The summed E-state index contributed by atoms with van der Waals surface area (Å²) in [6, 6.07) is 12.8. The van der Waals surface area contributed by atoms with Crippen LogP contribution in [0, 0.1) is 5.82 Å². The second kappa shape index (κ2) is 8.18. The van der Waals surface area contributed by atoms with Crippen molar-refractivity contribution in [1.82, 2.24) is 0 Å². The van der Waals surface area contributed by atoms with Gasteiger partial charge in [-0.1, -0.05) is 6.07 Å². The Labute approximate surface area is 187 Å². The maximum atomic E-state index is 13.2. The molecule has 4 rings (SSSR count). The number of carbonyl (C=O) groups excluding carboxylic acids is 1. The van der Waals surface area contributed by atoms with Crippen molar-refractivity contribution in [1.29, 1.82) is 0 Å². The second-order valence-electron chi connectivity index (χ2n) is 7.68. The molecule has 3 aromatic rings. The largest absolute Gasteiger partial charge is 0.416 e. The molecule has 10 heteroatoms. The van der Waals surface area contributed by atoms with Crippen molar-refractivity contribution in [3.05, 3.63) is 89.2 Å². The van der Waals surface area contributed by atoms with Crippen LogP contribution in [-0.2, 0) is 22.6 Å². The first-order valence-corrected chi connectivity index (χ1v) is 11.3. The highest BCUT2D eigenvalue weighted by Gasteiger charge is 2.36. The van der Waals surface area contributed by atoms with Gasteiger partial charge in [-0.3, -0.25) is 9.10 Å². The summed E-state index contributed by atoms with van der Waals surface area (Å²) >= 11 is 0. The Balaban J connectivity index is 1.60. The van der Waals surface area contributed by atoms with Crippen molar-refractivity contribution in [2.24, 2.45) is 0 Å². The van der Waals surface area contributed by atoms with Crippen LogP contribution in [-0.4, -0.2) is 20.4 Å². The summed E-state index contributed by atoms with van der Waals surface area (Å²) in [4.78, 5) is 12.6. The van der Waals surface area contributed by atoms with Crippen LogP contribution in [0.15, 0.2) is 71.6 Å². The minimum atomic E-state index is -4.54. The van der Waals surface area contributed by atoms with Crippen LogP contribution in [0.5, 0.6) is 0 Å². The second-order valence-corrected chi connectivity index (χ2v) is 9.50. The first-order chi connectivity index (χ1) is 15.5. The van der Waals surface area contributed by atoms with Gasteiger partial charge >= 0.3 is 6.18 Å². The Morgan fingerprint density at radius 1 is 1.03 bits per heavy atom. The Morgan fingerprint density at radius 3 is 2.39 bits per heavy atom. The van der Waals surface area contributed by atoms with Gasteiger partial charge in [0, 0.05) is 17.3 Å². The molecule has 1 aliphatic rings. The molecule has 0 fully saturated rings. The predicted octanol–water partition coefficient (Wildman–Crippen LogP) is 5.24. The minimum Gasteiger partial charge on any atom is -0.322 e. The Kier molecular flexibility index (Phi) is 5.65. The number of rotatable bonds is 4. The molecule has 1 N–H and O–H groups in total. The molecule has 1 aliphatic heterocycles. The molecule has 172 valence electrons. The number of amides is 1. The molecule has 0 aliphatic carbocycles. The van der Waals surface area contributed by atoms with Gasteiger partial charge in [0.1, 0.15) is 5.82 Å². The van der Waals surface area contributed by atoms with Gasteiger partial charge in [0.15, 0.2) is 0 Å². The molecule has 0 saturated heterocycles. The van der Waals surface area contributed by atoms with Crippen molar-refractivity contribution in [2.45, 2.75) is 30.5 Å². The monoisotopic (exact) mass is 478 g/mol. The summed E-state index contributed by atoms with van der Waals surface area (Å²) in [6.07, 6.45) is -4.20. The molecule has 0 spiro atoms. The Bertz CT molecular complexity index is 1320. The third kappa shape index (κ3) is 4.43. The predicted molar refractivity (Wildman–Crippen MR) is 115 cm³/mol. The van der Waals surface area contributed by atoms with E-state index in [2.05, 4.69) is 5.32 Å². The zero-order chi connectivity index (χ0) is 24.0. The highest BCUT2D eigenvalue weighted by Crippen LogP contribution is 2.37. The fourth-order valence-corrected chi connectivity index (χ4v) is 5.50.